The number of aryl methyl sites for hydroxylation is 2. The number of amides is 2. The van der Waals surface area contributed by atoms with Gasteiger partial charge >= 0.3 is 0 Å². The van der Waals surface area contributed by atoms with E-state index in [2.05, 4.69) is 10.5 Å². The van der Waals surface area contributed by atoms with Crippen molar-refractivity contribution in [2.75, 3.05) is 6.54 Å². The molecule has 0 radical (unpaired) electrons. The van der Waals surface area contributed by atoms with Gasteiger partial charge in [-0.25, -0.2) is 4.39 Å². The Bertz CT molecular complexity index is 721. The standard InChI is InChI=1S/C18H22FN3O3/c1-11-16(12(2)25-22-11)7-8-17(23)21-10-14(18(20)24)9-13-3-5-15(19)6-4-13/h3-6,14H,7-10H2,1-2H3,(H2,20,24)(H,21,23)/t14-/m0/s1. The van der Waals surface area contributed by atoms with E-state index in [1.54, 1.807) is 19.1 Å². The second-order valence-corrected chi connectivity index (χ2v) is 6.04. The van der Waals surface area contributed by atoms with E-state index >= 15 is 0 Å². The van der Waals surface area contributed by atoms with Crippen LogP contribution in [0, 0.1) is 25.6 Å². The molecule has 3 N–H and O–H groups in total. The summed E-state index contributed by atoms with van der Waals surface area (Å²) in [6.07, 6.45) is 1.14. The zero-order chi connectivity index (χ0) is 18.4. The number of halogens is 1. The van der Waals surface area contributed by atoms with Gasteiger partial charge in [-0.05, 0) is 44.4 Å². The monoisotopic (exact) mass is 347 g/mol. The number of rotatable bonds is 8. The minimum atomic E-state index is -0.548. The van der Waals surface area contributed by atoms with Crippen molar-refractivity contribution in [3.8, 4) is 0 Å². The van der Waals surface area contributed by atoms with Crippen molar-refractivity contribution < 1.29 is 18.5 Å². The zero-order valence-electron chi connectivity index (χ0n) is 14.3. The molecule has 0 fully saturated rings. The van der Waals surface area contributed by atoms with Gasteiger partial charge in [0.2, 0.25) is 11.8 Å². The van der Waals surface area contributed by atoms with Crippen LogP contribution in [0.2, 0.25) is 0 Å². The lowest BCUT2D eigenvalue weighted by Gasteiger charge is -2.14. The molecule has 1 aromatic heterocycles. The van der Waals surface area contributed by atoms with Crippen molar-refractivity contribution in [3.63, 3.8) is 0 Å². The number of nitrogens with two attached hydrogens (primary N) is 1. The predicted molar refractivity (Wildman–Crippen MR) is 90.1 cm³/mol. The molecular formula is C18H22FN3O3. The fraction of sp³-hybridized carbons (Fsp3) is 0.389. The Balaban J connectivity index is 1.84. The summed E-state index contributed by atoms with van der Waals surface area (Å²) < 4.78 is 18.0. The molecule has 2 amide bonds. The summed E-state index contributed by atoms with van der Waals surface area (Å²) in [4.78, 5) is 23.6. The summed E-state index contributed by atoms with van der Waals surface area (Å²) in [5.41, 5.74) is 7.89. The van der Waals surface area contributed by atoms with Gasteiger partial charge in [0, 0.05) is 18.5 Å². The van der Waals surface area contributed by atoms with Crippen LogP contribution >= 0.6 is 0 Å². The van der Waals surface area contributed by atoms with Crippen LogP contribution < -0.4 is 11.1 Å². The fourth-order valence-corrected chi connectivity index (χ4v) is 2.60. The van der Waals surface area contributed by atoms with Crippen LogP contribution in [-0.4, -0.2) is 23.5 Å². The minimum Gasteiger partial charge on any atom is -0.369 e. The topological polar surface area (TPSA) is 98.2 Å². The van der Waals surface area contributed by atoms with E-state index in [9.17, 15) is 14.0 Å². The van der Waals surface area contributed by atoms with E-state index in [4.69, 9.17) is 10.3 Å². The molecular weight excluding hydrogens is 325 g/mol. The Kier molecular flexibility index (Phi) is 6.27. The van der Waals surface area contributed by atoms with Gasteiger partial charge in [-0.1, -0.05) is 17.3 Å². The van der Waals surface area contributed by atoms with Crippen LogP contribution in [0.5, 0.6) is 0 Å². The summed E-state index contributed by atoms with van der Waals surface area (Å²) >= 11 is 0. The first-order chi connectivity index (χ1) is 11.9. The lowest BCUT2D eigenvalue weighted by Crippen LogP contribution is -2.37. The van der Waals surface area contributed by atoms with E-state index in [1.165, 1.54) is 12.1 Å². The Hall–Kier alpha value is -2.70. The highest BCUT2D eigenvalue weighted by molar-refractivity contribution is 5.80. The predicted octanol–water partition coefficient (Wildman–Crippen LogP) is 1.82. The number of primary amides is 1. The Labute approximate surface area is 145 Å². The Morgan fingerprint density at radius 2 is 1.96 bits per heavy atom. The van der Waals surface area contributed by atoms with Crippen LogP contribution in [0.15, 0.2) is 28.8 Å². The molecule has 7 heteroatoms. The number of nitrogens with one attached hydrogen (secondary N) is 1. The SMILES string of the molecule is Cc1noc(C)c1CCC(=O)NC[C@H](Cc1ccc(F)cc1)C(N)=O. The van der Waals surface area contributed by atoms with E-state index in [0.29, 0.717) is 18.6 Å². The molecule has 0 saturated carbocycles. The van der Waals surface area contributed by atoms with Gasteiger partial charge in [0.15, 0.2) is 0 Å². The molecule has 0 aliphatic heterocycles. The molecule has 0 aliphatic rings. The van der Waals surface area contributed by atoms with E-state index in [0.717, 1.165) is 16.8 Å². The van der Waals surface area contributed by atoms with Crippen molar-refractivity contribution >= 4 is 11.8 Å². The molecule has 134 valence electrons. The molecule has 0 spiro atoms. The maximum Gasteiger partial charge on any atom is 0.222 e. The number of carbonyl (C=O) groups is 2. The fourth-order valence-electron chi connectivity index (χ4n) is 2.60. The minimum absolute atomic E-state index is 0.146. The van der Waals surface area contributed by atoms with Crippen molar-refractivity contribution in [1.82, 2.24) is 10.5 Å². The smallest absolute Gasteiger partial charge is 0.222 e. The Morgan fingerprint density at radius 1 is 1.28 bits per heavy atom. The molecule has 1 aromatic carbocycles. The number of benzene rings is 1. The number of hydrogen-bond donors (Lipinski definition) is 2. The quantitative estimate of drug-likeness (QED) is 0.761. The molecule has 0 aliphatic carbocycles. The van der Waals surface area contributed by atoms with Crippen LogP contribution in [0.1, 0.15) is 29.0 Å². The molecule has 0 unspecified atom stereocenters. The molecule has 0 saturated heterocycles. The lowest BCUT2D eigenvalue weighted by molar-refractivity contribution is -0.123. The third kappa shape index (κ3) is 5.41. The van der Waals surface area contributed by atoms with Crippen LogP contribution in [-0.2, 0) is 22.4 Å². The number of hydrogen-bond acceptors (Lipinski definition) is 4. The van der Waals surface area contributed by atoms with E-state index in [1.807, 2.05) is 6.92 Å². The van der Waals surface area contributed by atoms with E-state index < -0.39 is 11.8 Å². The van der Waals surface area contributed by atoms with Crippen LogP contribution in [0.25, 0.3) is 0 Å². The molecule has 2 rings (SSSR count). The van der Waals surface area contributed by atoms with Gasteiger partial charge in [0.05, 0.1) is 11.6 Å². The molecule has 0 bridgehead atoms. The molecule has 1 heterocycles. The highest BCUT2D eigenvalue weighted by atomic mass is 19.1. The normalized spacial score (nSPS) is 12.0. The van der Waals surface area contributed by atoms with Crippen molar-refractivity contribution in [3.05, 3.63) is 52.7 Å². The summed E-state index contributed by atoms with van der Waals surface area (Å²) in [5.74, 6) is -0.863. The number of carbonyl (C=O) groups excluding carboxylic acids is 2. The van der Waals surface area contributed by atoms with Gasteiger partial charge in [-0.15, -0.1) is 0 Å². The largest absolute Gasteiger partial charge is 0.369 e. The first-order valence-corrected chi connectivity index (χ1v) is 8.09. The highest BCUT2D eigenvalue weighted by Crippen LogP contribution is 2.14. The number of nitrogens with zero attached hydrogens (tertiary/aromatic N) is 1. The van der Waals surface area contributed by atoms with E-state index in [-0.39, 0.29) is 24.7 Å². The average molecular weight is 347 g/mol. The zero-order valence-corrected chi connectivity index (χ0v) is 14.3. The maximum atomic E-state index is 12.9. The van der Waals surface area contributed by atoms with Crippen LogP contribution in [0.4, 0.5) is 4.39 Å². The second-order valence-electron chi connectivity index (χ2n) is 6.04. The molecule has 1 atom stereocenters. The van der Waals surface area contributed by atoms with Crippen LogP contribution in [0.3, 0.4) is 0 Å². The lowest BCUT2D eigenvalue weighted by atomic mass is 9.98. The van der Waals surface area contributed by atoms with Crippen molar-refractivity contribution in [2.45, 2.75) is 33.1 Å². The number of aromatic nitrogens is 1. The molecule has 2 aromatic rings. The summed E-state index contributed by atoms with van der Waals surface area (Å²) in [6.45, 7) is 3.78. The van der Waals surface area contributed by atoms with Crippen molar-refractivity contribution in [1.29, 1.82) is 0 Å². The second kappa shape index (κ2) is 8.41. The van der Waals surface area contributed by atoms with Gasteiger partial charge in [-0.2, -0.15) is 0 Å². The van der Waals surface area contributed by atoms with Gasteiger partial charge in [0.25, 0.3) is 0 Å². The Morgan fingerprint density at radius 3 is 2.52 bits per heavy atom. The summed E-state index contributed by atoms with van der Waals surface area (Å²) in [6, 6.07) is 5.86. The van der Waals surface area contributed by atoms with Gasteiger partial charge in [0.1, 0.15) is 11.6 Å². The maximum absolute atomic E-state index is 12.9. The van der Waals surface area contributed by atoms with Gasteiger partial charge < -0.3 is 15.6 Å². The summed E-state index contributed by atoms with van der Waals surface area (Å²) in [5, 5.41) is 6.58. The first kappa shape index (κ1) is 18.6. The summed E-state index contributed by atoms with van der Waals surface area (Å²) in [7, 11) is 0. The molecule has 25 heavy (non-hydrogen) atoms. The molecule has 6 nitrogen and oxygen atoms in total. The average Bonchev–Trinajstić information content (AvgIpc) is 2.89. The first-order valence-electron chi connectivity index (χ1n) is 8.09. The third-order valence-electron chi connectivity index (χ3n) is 4.13. The van der Waals surface area contributed by atoms with Crippen molar-refractivity contribution in [2.24, 2.45) is 11.7 Å². The van der Waals surface area contributed by atoms with Gasteiger partial charge in [-0.3, -0.25) is 9.59 Å². The highest BCUT2D eigenvalue weighted by Gasteiger charge is 2.18. The third-order valence-corrected chi connectivity index (χ3v) is 4.13.